The number of benzene rings is 2. The average Bonchev–Trinajstić information content (AvgIpc) is 2.71. The van der Waals surface area contributed by atoms with Crippen LogP contribution in [0.5, 0.6) is 5.75 Å². The molecule has 9 heteroatoms. The lowest BCUT2D eigenvalue weighted by Gasteiger charge is -2.09. The molecule has 0 bridgehead atoms. The summed E-state index contributed by atoms with van der Waals surface area (Å²) < 4.78 is 19.0. The van der Waals surface area contributed by atoms with Crippen molar-refractivity contribution in [2.24, 2.45) is 0 Å². The van der Waals surface area contributed by atoms with Gasteiger partial charge in [-0.2, -0.15) is 0 Å². The fourth-order valence-electron chi connectivity index (χ4n) is 2.47. The molecule has 0 saturated carbocycles. The van der Waals surface area contributed by atoms with E-state index in [-0.39, 0.29) is 28.2 Å². The maximum Gasteiger partial charge on any atom is 0.277 e. The molecule has 0 aliphatic heterocycles. The first-order valence-corrected chi connectivity index (χ1v) is 9.76. The third-order valence-electron chi connectivity index (χ3n) is 3.91. The summed E-state index contributed by atoms with van der Waals surface area (Å²) in [5.41, 5.74) is 5.94. The van der Waals surface area contributed by atoms with Gasteiger partial charge in [-0.05, 0) is 42.8 Å². The Morgan fingerprint density at radius 2 is 1.97 bits per heavy atom. The van der Waals surface area contributed by atoms with Crippen molar-refractivity contribution in [1.29, 1.82) is 0 Å². The molecule has 1 heterocycles. The predicted molar refractivity (Wildman–Crippen MR) is 111 cm³/mol. The van der Waals surface area contributed by atoms with Gasteiger partial charge in [-0.1, -0.05) is 30.0 Å². The maximum atomic E-state index is 13.7. The fourth-order valence-corrected chi connectivity index (χ4v) is 3.33. The number of H-pyrrole nitrogens is 1. The minimum absolute atomic E-state index is 0.121. The van der Waals surface area contributed by atoms with E-state index in [0.29, 0.717) is 23.5 Å². The molecule has 1 aromatic heterocycles. The highest BCUT2D eigenvalue weighted by molar-refractivity contribution is 7.98. The van der Waals surface area contributed by atoms with Crippen LogP contribution in [-0.2, 0) is 5.75 Å². The predicted octanol–water partition coefficient (Wildman–Crippen LogP) is 3.43. The van der Waals surface area contributed by atoms with Gasteiger partial charge in [0.25, 0.3) is 11.5 Å². The van der Waals surface area contributed by atoms with Gasteiger partial charge in [0.2, 0.25) is 0 Å². The lowest BCUT2D eigenvalue weighted by molar-refractivity contribution is 0.102. The van der Waals surface area contributed by atoms with Crippen molar-refractivity contribution in [3.63, 3.8) is 0 Å². The van der Waals surface area contributed by atoms with Crippen LogP contribution in [-0.4, -0.2) is 22.5 Å². The van der Waals surface area contributed by atoms with Gasteiger partial charge in [0, 0.05) is 11.3 Å². The van der Waals surface area contributed by atoms with E-state index in [1.54, 1.807) is 42.5 Å². The van der Waals surface area contributed by atoms with E-state index in [0.717, 1.165) is 11.8 Å². The maximum absolute atomic E-state index is 13.7. The Bertz CT molecular complexity index is 1070. The van der Waals surface area contributed by atoms with Gasteiger partial charge in [-0.15, -0.1) is 0 Å². The summed E-state index contributed by atoms with van der Waals surface area (Å²) in [6, 6.07) is 12.8. The zero-order valence-electron chi connectivity index (χ0n) is 15.6. The van der Waals surface area contributed by atoms with E-state index < -0.39 is 11.5 Å². The van der Waals surface area contributed by atoms with Crippen LogP contribution < -0.4 is 21.3 Å². The number of ether oxygens (including phenoxy) is 1. The first kappa shape index (κ1) is 20.4. The van der Waals surface area contributed by atoms with Crippen LogP contribution in [0.1, 0.15) is 22.8 Å². The highest BCUT2D eigenvalue weighted by Gasteiger charge is 2.14. The number of nitrogens with one attached hydrogen (secondary N) is 2. The Hall–Kier alpha value is -3.33. The molecule has 0 radical (unpaired) electrons. The van der Waals surface area contributed by atoms with Crippen LogP contribution in [0.2, 0.25) is 0 Å². The number of aromatic amines is 1. The highest BCUT2D eigenvalue weighted by Crippen LogP contribution is 2.22. The molecule has 3 rings (SSSR count). The molecule has 29 heavy (non-hydrogen) atoms. The summed E-state index contributed by atoms with van der Waals surface area (Å²) in [5, 5.41) is 2.71. The summed E-state index contributed by atoms with van der Waals surface area (Å²) in [6.45, 7) is 2.38. The molecule has 150 valence electrons. The minimum Gasteiger partial charge on any atom is -0.494 e. The first-order chi connectivity index (χ1) is 14.0. The molecular weight excluding hydrogens is 395 g/mol. The third-order valence-corrected chi connectivity index (χ3v) is 4.84. The molecule has 7 nitrogen and oxygen atoms in total. The number of anilines is 2. The molecule has 0 saturated heterocycles. The standard InChI is InChI=1S/C20H19FN4O3S/c1-2-28-14-9-7-12(8-10-14)18(26)23-16-17(22)24-20(25-19(16)27)29-11-13-5-3-4-6-15(13)21/h3-10H,2,11H2,1H3,(H,23,26)(H3,22,24,25,27). The van der Waals surface area contributed by atoms with E-state index in [1.807, 2.05) is 6.92 Å². The van der Waals surface area contributed by atoms with E-state index in [2.05, 4.69) is 15.3 Å². The normalized spacial score (nSPS) is 10.6. The number of rotatable bonds is 7. The Morgan fingerprint density at radius 3 is 2.62 bits per heavy atom. The molecule has 1 amide bonds. The fraction of sp³-hybridized carbons (Fsp3) is 0.150. The average molecular weight is 414 g/mol. The Kier molecular flexibility index (Phi) is 6.50. The molecule has 0 unspecified atom stereocenters. The Labute approximate surface area is 170 Å². The molecular formula is C20H19FN4O3S. The van der Waals surface area contributed by atoms with E-state index in [9.17, 15) is 14.0 Å². The van der Waals surface area contributed by atoms with Gasteiger partial charge in [-0.25, -0.2) is 9.37 Å². The largest absolute Gasteiger partial charge is 0.494 e. The second-order valence-corrected chi connectivity index (χ2v) is 6.89. The minimum atomic E-state index is -0.590. The summed E-state index contributed by atoms with van der Waals surface area (Å²) in [4.78, 5) is 31.4. The number of carbonyl (C=O) groups excluding carboxylic acids is 1. The summed E-state index contributed by atoms with van der Waals surface area (Å²) in [5.74, 6) is -0.0517. The summed E-state index contributed by atoms with van der Waals surface area (Å²) in [7, 11) is 0. The molecule has 0 aliphatic carbocycles. The zero-order chi connectivity index (χ0) is 20.8. The van der Waals surface area contributed by atoms with Crippen LogP contribution in [0.4, 0.5) is 15.9 Å². The Balaban J connectivity index is 1.71. The number of halogens is 1. The van der Waals surface area contributed by atoms with Crippen molar-refractivity contribution in [3.8, 4) is 5.75 Å². The number of aromatic nitrogens is 2. The molecule has 0 aliphatic rings. The smallest absolute Gasteiger partial charge is 0.277 e. The molecule has 3 aromatic rings. The van der Waals surface area contributed by atoms with Gasteiger partial charge in [0.05, 0.1) is 6.61 Å². The second-order valence-electron chi connectivity index (χ2n) is 5.92. The van der Waals surface area contributed by atoms with E-state index in [4.69, 9.17) is 10.5 Å². The van der Waals surface area contributed by atoms with Gasteiger partial charge < -0.3 is 15.8 Å². The topological polar surface area (TPSA) is 110 Å². The zero-order valence-corrected chi connectivity index (χ0v) is 16.4. The number of hydrogen-bond donors (Lipinski definition) is 3. The number of nitrogen functional groups attached to an aromatic ring is 1. The van der Waals surface area contributed by atoms with Crippen LogP contribution in [0.3, 0.4) is 0 Å². The van der Waals surface area contributed by atoms with Crippen molar-refractivity contribution >= 4 is 29.2 Å². The van der Waals surface area contributed by atoms with Crippen molar-refractivity contribution < 1.29 is 13.9 Å². The lowest BCUT2D eigenvalue weighted by atomic mass is 10.2. The van der Waals surface area contributed by atoms with Crippen molar-refractivity contribution in [1.82, 2.24) is 9.97 Å². The third kappa shape index (κ3) is 5.14. The number of nitrogens with zero attached hydrogens (tertiary/aromatic N) is 1. The van der Waals surface area contributed by atoms with Crippen LogP contribution in [0.25, 0.3) is 0 Å². The van der Waals surface area contributed by atoms with Crippen LogP contribution in [0.15, 0.2) is 58.5 Å². The Morgan fingerprint density at radius 1 is 1.24 bits per heavy atom. The highest BCUT2D eigenvalue weighted by atomic mass is 32.2. The van der Waals surface area contributed by atoms with Crippen molar-refractivity contribution in [2.45, 2.75) is 17.8 Å². The first-order valence-electron chi connectivity index (χ1n) is 8.78. The van der Waals surface area contributed by atoms with Gasteiger partial charge >= 0.3 is 0 Å². The van der Waals surface area contributed by atoms with Crippen molar-refractivity contribution in [2.75, 3.05) is 17.7 Å². The monoisotopic (exact) mass is 414 g/mol. The number of thioether (sulfide) groups is 1. The second kappa shape index (κ2) is 9.24. The number of amides is 1. The van der Waals surface area contributed by atoms with Crippen LogP contribution >= 0.6 is 11.8 Å². The molecule has 0 fully saturated rings. The van der Waals surface area contributed by atoms with E-state index in [1.165, 1.54) is 6.07 Å². The van der Waals surface area contributed by atoms with Gasteiger partial charge in [0.15, 0.2) is 11.0 Å². The molecule has 0 spiro atoms. The molecule has 4 N–H and O–H groups in total. The van der Waals surface area contributed by atoms with Crippen LogP contribution in [0, 0.1) is 5.82 Å². The number of carbonyl (C=O) groups is 1. The lowest BCUT2D eigenvalue weighted by Crippen LogP contribution is -2.23. The van der Waals surface area contributed by atoms with Crippen molar-refractivity contribution in [3.05, 3.63) is 75.8 Å². The molecule has 0 atom stereocenters. The van der Waals surface area contributed by atoms with Gasteiger partial charge in [-0.3, -0.25) is 14.6 Å². The van der Waals surface area contributed by atoms with E-state index >= 15 is 0 Å². The summed E-state index contributed by atoms with van der Waals surface area (Å²) in [6.07, 6.45) is 0. The number of hydrogen-bond acceptors (Lipinski definition) is 6. The SMILES string of the molecule is CCOc1ccc(C(=O)Nc2c(N)nc(SCc3ccccc3F)[nH]c2=O)cc1. The summed E-state index contributed by atoms with van der Waals surface area (Å²) >= 11 is 1.13. The quantitative estimate of drug-likeness (QED) is 0.404. The molecule has 2 aromatic carbocycles. The number of nitrogens with two attached hydrogens (primary N) is 1. The van der Waals surface area contributed by atoms with Gasteiger partial charge in [0.1, 0.15) is 17.3 Å².